The summed E-state index contributed by atoms with van der Waals surface area (Å²) < 4.78 is 6.54. The van der Waals surface area contributed by atoms with Crippen LogP contribution in [-0.4, -0.2) is 32.3 Å². The number of pyridine rings is 1. The van der Waals surface area contributed by atoms with Crippen molar-refractivity contribution in [3.05, 3.63) is 33.4 Å². The molecule has 1 aliphatic carbocycles. The van der Waals surface area contributed by atoms with Gasteiger partial charge in [-0.25, -0.2) is 4.98 Å². The highest BCUT2D eigenvalue weighted by Crippen LogP contribution is 2.52. The fraction of sp³-hybridized carbons (Fsp3) is 0.529. The Kier molecular flexibility index (Phi) is 4.95. The van der Waals surface area contributed by atoms with Crippen LogP contribution >= 0.6 is 27.5 Å². The van der Waals surface area contributed by atoms with Crippen molar-refractivity contribution < 1.29 is 9.53 Å². The van der Waals surface area contributed by atoms with Crippen LogP contribution in [-0.2, 0) is 14.9 Å². The Morgan fingerprint density at radius 2 is 2.04 bits per heavy atom. The van der Waals surface area contributed by atoms with Gasteiger partial charge in [-0.1, -0.05) is 43.4 Å². The molecule has 24 heavy (non-hydrogen) atoms. The van der Waals surface area contributed by atoms with Crippen molar-refractivity contribution in [1.29, 1.82) is 0 Å². The molecule has 4 nitrogen and oxygen atoms in total. The number of ether oxygens (including phenoxy) is 1. The van der Waals surface area contributed by atoms with Gasteiger partial charge < -0.3 is 4.74 Å². The third kappa shape index (κ3) is 3.09. The van der Waals surface area contributed by atoms with E-state index in [4.69, 9.17) is 16.3 Å². The van der Waals surface area contributed by atoms with Gasteiger partial charge in [0.05, 0.1) is 14.9 Å². The van der Waals surface area contributed by atoms with Crippen LogP contribution in [0.25, 0.3) is 0 Å². The molecule has 0 N–H and O–H groups in total. The average molecular weight is 430 g/mol. The minimum absolute atomic E-state index is 0.0444. The molecule has 0 aromatic carbocycles. The summed E-state index contributed by atoms with van der Waals surface area (Å²) in [4.78, 5) is 19.3. The number of hydrogen-bond donors (Lipinski definition) is 0. The number of nitrogens with zero attached hydrogens (tertiary/aromatic N) is 2. The molecule has 130 valence electrons. The van der Waals surface area contributed by atoms with E-state index in [-0.39, 0.29) is 12.6 Å². The van der Waals surface area contributed by atoms with Gasteiger partial charge in [0.15, 0.2) is 0 Å². The van der Waals surface area contributed by atoms with Crippen molar-refractivity contribution >= 4 is 47.3 Å². The Hall–Kier alpha value is -0.693. The van der Waals surface area contributed by atoms with Gasteiger partial charge >= 0.3 is 0 Å². The zero-order valence-corrected chi connectivity index (χ0v) is 17.6. The zero-order chi connectivity index (χ0) is 17.5. The molecule has 0 saturated heterocycles. The number of carbonyl (C=O) groups excluding carboxylic acids is 1. The van der Waals surface area contributed by atoms with Gasteiger partial charge in [0.1, 0.15) is 12.5 Å². The van der Waals surface area contributed by atoms with E-state index in [0.717, 1.165) is 16.1 Å². The second-order valence-corrected chi connectivity index (χ2v) is 14.5. The number of rotatable bonds is 5. The third-order valence-corrected chi connectivity index (χ3v) is 7.58. The van der Waals surface area contributed by atoms with Crippen molar-refractivity contribution in [2.24, 2.45) is 0 Å². The van der Waals surface area contributed by atoms with E-state index in [9.17, 15) is 4.79 Å². The van der Waals surface area contributed by atoms with Crippen LogP contribution in [0.4, 0.5) is 5.82 Å². The normalized spacial score (nSPS) is 18.7. The second kappa shape index (κ2) is 6.55. The van der Waals surface area contributed by atoms with E-state index < -0.39 is 13.5 Å². The monoisotopic (exact) mass is 428 g/mol. The maximum Gasteiger partial charge on any atom is 0.241 e. The second-order valence-electron chi connectivity index (χ2n) is 7.66. The SMILES string of the molecule is C[Si](C)(C)CCOCN1C(=O)C2(CC=CC2)c2c1ncc(Br)c2Cl. The smallest absolute Gasteiger partial charge is 0.241 e. The molecule has 1 amide bonds. The van der Waals surface area contributed by atoms with Crippen molar-refractivity contribution in [3.8, 4) is 0 Å². The molecule has 0 radical (unpaired) electrons. The van der Waals surface area contributed by atoms with Crippen LogP contribution in [0, 0.1) is 0 Å². The summed E-state index contributed by atoms with van der Waals surface area (Å²) in [6.45, 7) is 7.84. The minimum atomic E-state index is -1.15. The van der Waals surface area contributed by atoms with Crippen molar-refractivity contribution in [3.63, 3.8) is 0 Å². The lowest BCUT2D eigenvalue weighted by atomic mass is 9.80. The molecule has 1 aromatic rings. The molecule has 0 saturated carbocycles. The molecule has 1 aromatic heterocycles. The highest BCUT2D eigenvalue weighted by Gasteiger charge is 2.53. The summed E-state index contributed by atoms with van der Waals surface area (Å²) in [5.41, 5.74) is 0.230. The first kappa shape index (κ1) is 18.1. The fourth-order valence-electron chi connectivity index (χ4n) is 3.23. The van der Waals surface area contributed by atoms with E-state index in [1.165, 1.54) is 0 Å². The summed E-state index contributed by atoms with van der Waals surface area (Å²) in [7, 11) is -1.15. The Balaban J connectivity index is 1.85. The molecular formula is C17H22BrClN2O2Si. The summed E-state index contributed by atoms with van der Waals surface area (Å²) in [6, 6.07) is 1.07. The first-order valence-electron chi connectivity index (χ1n) is 8.15. The highest BCUT2D eigenvalue weighted by molar-refractivity contribution is 9.10. The van der Waals surface area contributed by atoms with Crippen LogP contribution in [0.1, 0.15) is 18.4 Å². The number of aromatic nitrogens is 1. The lowest BCUT2D eigenvalue weighted by molar-refractivity contribution is -0.123. The summed E-state index contributed by atoms with van der Waals surface area (Å²) >= 11 is 9.96. The number of hydrogen-bond acceptors (Lipinski definition) is 3. The molecule has 7 heteroatoms. The first-order chi connectivity index (χ1) is 11.3. The number of allylic oxidation sites excluding steroid dienone is 2. The quantitative estimate of drug-likeness (QED) is 0.385. The maximum atomic E-state index is 13.1. The number of amides is 1. The Bertz CT molecular complexity index is 695. The van der Waals surface area contributed by atoms with Gasteiger partial charge in [0, 0.05) is 26.4 Å². The average Bonchev–Trinajstić information content (AvgIpc) is 3.06. The van der Waals surface area contributed by atoms with Crippen LogP contribution in [0.15, 0.2) is 22.8 Å². The van der Waals surface area contributed by atoms with Gasteiger partial charge in [-0.3, -0.25) is 9.69 Å². The predicted molar refractivity (Wildman–Crippen MR) is 103 cm³/mol. The Labute approximate surface area is 157 Å². The summed E-state index contributed by atoms with van der Waals surface area (Å²) in [6.07, 6.45) is 7.10. The molecule has 0 atom stereocenters. The Morgan fingerprint density at radius 1 is 1.38 bits per heavy atom. The largest absolute Gasteiger partial charge is 0.361 e. The minimum Gasteiger partial charge on any atom is -0.361 e. The van der Waals surface area contributed by atoms with Crippen molar-refractivity contribution in [2.45, 2.75) is 43.9 Å². The van der Waals surface area contributed by atoms with Crippen molar-refractivity contribution in [1.82, 2.24) is 4.98 Å². The maximum absolute atomic E-state index is 13.1. The third-order valence-electron chi connectivity index (χ3n) is 4.66. The lowest BCUT2D eigenvalue weighted by Gasteiger charge is -2.24. The number of fused-ring (bicyclic) bond motifs is 2. The molecule has 0 unspecified atom stereocenters. The van der Waals surface area contributed by atoms with Gasteiger partial charge in [0.25, 0.3) is 0 Å². The van der Waals surface area contributed by atoms with E-state index >= 15 is 0 Å². The lowest BCUT2D eigenvalue weighted by Crippen LogP contribution is -2.40. The molecule has 3 rings (SSSR count). The topological polar surface area (TPSA) is 42.4 Å². The fourth-order valence-corrected chi connectivity index (χ4v) is 4.60. The van der Waals surface area contributed by atoms with E-state index in [1.54, 1.807) is 11.1 Å². The van der Waals surface area contributed by atoms with E-state index in [0.29, 0.717) is 30.3 Å². The van der Waals surface area contributed by atoms with Crippen LogP contribution in [0.2, 0.25) is 30.7 Å². The molecule has 2 aliphatic rings. The summed E-state index contributed by atoms with van der Waals surface area (Å²) in [5.74, 6) is 0.688. The van der Waals surface area contributed by atoms with E-state index in [2.05, 4.69) is 52.7 Å². The zero-order valence-electron chi connectivity index (χ0n) is 14.2. The standard InChI is InChI=1S/C17H22BrClN2O2Si/c1-24(2,3)9-8-23-11-21-15-13(14(19)12(18)10-20-15)17(16(21)22)6-4-5-7-17/h4-5,10H,6-9,11H2,1-3H3. The molecule has 1 aliphatic heterocycles. The molecule has 0 fully saturated rings. The van der Waals surface area contributed by atoms with Crippen LogP contribution in [0.5, 0.6) is 0 Å². The molecule has 1 spiro atoms. The number of anilines is 1. The number of carbonyl (C=O) groups is 1. The first-order valence-corrected chi connectivity index (χ1v) is 13.0. The number of halogens is 2. The predicted octanol–water partition coefficient (Wildman–Crippen LogP) is 4.74. The molecule has 0 bridgehead atoms. The molecular weight excluding hydrogens is 408 g/mol. The van der Waals surface area contributed by atoms with Crippen LogP contribution < -0.4 is 4.90 Å². The Morgan fingerprint density at radius 3 is 2.67 bits per heavy atom. The van der Waals surface area contributed by atoms with E-state index in [1.807, 2.05) is 0 Å². The van der Waals surface area contributed by atoms with Gasteiger partial charge in [-0.05, 0) is 34.8 Å². The van der Waals surface area contributed by atoms with Crippen LogP contribution in [0.3, 0.4) is 0 Å². The van der Waals surface area contributed by atoms with Gasteiger partial charge in [0.2, 0.25) is 5.91 Å². The van der Waals surface area contributed by atoms with Gasteiger partial charge in [-0.2, -0.15) is 0 Å². The highest BCUT2D eigenvalue weighted by atomic mass is 79.9. The summed E-state index contributed by atoms with van der Waals surface area (Å²) in [5, 5.41) is 0.585. The van der Waals surface area contributed by atoms with Crippen molar-refractivity contribution in [2.75, 3.05) is 18.2 Å². The molecule has 2 heterocycles. The van der Waals surface area contributed by atoms with Gasteiger partial charge in [-0.15, -0.1) is 0 Å².